The van der Waals surface area contributed by atoms with Gasteiger partial charge in [0.2, 0.25) is 0 Å². The van der Waals surface area contributed by atoms with Gasteiger partial charge in [0.15, 0.2) is 0 Å². The molecule has 0 aliphatic rings. The molecule has 0 aliphatic carbocycles. The third-order valence-corrected chi connectivity index (χ3v) is 5.93. The lowest BCUT2D eigenvalue weighted by molar-refractivity contribution is -0.137. The van der Waals surface area contributed by atoms with Crippen LogP contribution in [0.2, 0.25) is 0 Å². The van der Waals surface area contributed by atoms with Crippen molar-refractivity contribution in [3.05, 3.63) is 65.9 Å². The lowest BCUT2D eigenvalue weighted by Gasteiger charge is -2.27. The molecule has 0 spiro atoms. The van der Waals surface area contributed by atoms with Gasteiger partial charge in [0.05, 0.1) is 7.11 Å². The molecule has 1 unspecified atom stereocenters. The number of carboxylic acid groups (broad SMARTS) is 1. The highest BCUT2D eigenvalue weighted by atomic mass is 16.6. The van der Waals surface area contributed by atoms with Crippen molar-refractivity contribution < 1.29 is 24.2 Å². The Morgan fingerprint density at radius 3 is 2.50 bits per heavy atom. The number of ether oxygens (including phenoxy) is 2. The van der Waals surface area contributed by atoms with Crippen LogP contribution in [0.15, 0.2) is 54.7 Å². The van der Waals surface area contributed by atoms with Gasteiger partial charge in [0.25, 0.3) is 0 Å². The summed E-state index contributed by atoms with van der Waals surface area (Å²) in [6.07, 6.45) is 3.30. The topological polar surface area (TPSA) is 113 Å². The Bertz CT molecular complexity index is 1150. The maximum atomic E-state index is 12.4. The predicted octanol–water partition coefficient (Wildman–Crippen LogP) is 5.20. The van der Waals surface area contributed by atoms with E-state index >= 15 is 0 Å². The minimum absolute atomic E-state index is 0.0237. The Kier molecular flexibility index (Phi) is 9.36. The van der Waals surface area contributed by atoms with Crippen molar-refractivity contribution >= 4 is 23.0 Å². The Labute approximate surface area is 212 Å². The average molecular weight is 496 g/mol. The van der Waals surface area contributed by atoms with Crippen molar-refractivity contribution in [2.24, 2.45) is 0 Å². The van der Waals surface area contributed by atoms with E-state index in [0.717, 1.165) is 34.2 Å². The van der Waals surface area contributed by atoms with Crippen molar-refractivity contribution in [2.45, 2.75) is 64.1 Å². The second-order valence-corrected chi connectivity index (χ2v) is 9.87. The number of amides is 1. The van der Waals surface area contributed by atoms with Crippen LogP contribution in [0.4, 0.5) is 4.79 Å². The molecule has 8 heteroatoms. The van der Waals surface area contributed by atoms with Gasteiger partial charge in [-0.25, -0.2) is 4.79 Å². The van der Waals surface area contributed by atoms with Gasteiger partial charge >= 0.3 is 12.1 Å². The van der Waals surface area contributed by atoms with E-state index in [0.29, 0.717) is 19.4 Å². The van der Waals surface area contributed by atoms with Gasteiger partial charge in [-0.05, 0) is 63.3 Å². The number of nitrogens with one attached hydrogen (secondary N) is 3. The number of aromatic amines is 1. The van der Waals surface area contributed by atoms with Crippen LogP contribution in [-0.2, 0) is 16.0 Å². The van der Waals surface area contributed by atoms with Crippen molar-refractivity contribution in [2.75, 3.05) is 13.7 Å². The Morgan fingerprint density at radius 2 is 1.78 bits per heavy atom. The lowest BCUT2D eigenvalue weighted by Crippen LogP contribution is -2.44. The first-order valence-corrected chi connectivity index (χ1v) is 12.3. The SMILES string of the molecule is COc1ccccc1CCC(CNC(=O)OC(C)(C)C)N[C@H](CCC(=O)O)c1c[nH]c2ccccc12. The summed E-state index contributed by atoms with van der Waals surface area (Å²) in [5.74, 6) is -0.0329. The molecule has 2 atom stereocenters. The van der Waals surface area contributed by atoms with Crippen molar-refractivity contribution in [1.29, 1.82) is 0 Å². The van der Waals surface area contributed by atoms with E-state index in [1.54, 1.807) is 7.11 Å². The van der Waals surface area contributed by atoms with Crippen molar-refractivity contribution in [3.8, 4) is 5.75 Å². The molecule has 0 radical (unpaired) electrons. The van der Waals surface area contributed by atoms with Crippen LogP contribution in [-0.4, -0.2) is 47.5 Å². The third-order valence-electron chi connectivity index (χ3n) is 5.93. The number of H-pyrrole nitrogens is 1. The van der Waals surface area contributed by atoms with Crippen molar-refractivity contribution in [3.63, 3.8) is 0 Å². The summed E-state index contributed by atoms with van der Waals surface area (Å²) >= 11 is 0. The highest BCUT2D eigenvalue weighted by Gasteiger charge is 2.23. The molecule has 0 saturated carbocycles. The molecule has 3 aromatic rings. The molecule has 1 amide bonds. The van der Waals surface area contributed by atoms with E-state index < -0.39 is 17.7 Å². The lowest BCUT2D eigenvalue weighted by atomic mass is 9.98. The smallest absolute Gasteiger partial charge is 0.407 e. The van der Waals surface area contributed by atoms with E-state index in [1.807, 2.05) is 75.5 Å². The molecule has 0 aliphatic heterocycles. The van der Waals surface area contributed by atoms with Crippen molar-refractivity contribution in [1.82, 2.24) is 15.6 Å². The van der Waals surface area contributed by atoms with Crippen LogP contribution >= 0.6 is 0 Å². The Balaban J connectivity index is 1.82. The predicted molar refractivity (Wildman–Crippen MR) is 140 cm³/mol. The number of aromatic nitrogens is 1. The average Bonchev–Trinajstić information content (AvgIpc) is 3.26. The maximum Gasteiger partial charge on any atom is 0.407 e. The molecule has 0 fully saturated rings. The molecule has 4 N–H and O–H groups in total. The van der Waals surface area contributed by atoms with E-state index in [9.17, 15) is 14.7 Å². The maximum absolute atomic E-state index is 12.4. The Hall–Kier alpha value is -3.52. The van der Waals surface area contributed by atoms with Crippen LogP contribution in [0.1, 0.15) is 57.2 Å². The number of hydrogen-bond donors (Lipinski definition) is 4. The van der Waals surface area contributed by atoms with Gasteiger partial charge in [-0.3, -0.25) is 4.79 Å². The number of hydrogen-bond acceptors (Lipinski definition) is 5. The highest BCUT2D eigenvalue weighted by Crippen LogP contribution is 2.28. The number of carboxylic acids is 1. The van der Waals surface area contributed by atoms with E-state index in [2.05, 4.69) is 15.6 Å². The standard InChI is InChI=1S/C28H37N3O5/c1-28(2,3)36-27(34)30-17-20(14-13-19-9-5-8-12-25(19)35-4)31-24(15-16-26(32)33)22-18-29-23-11-7-6-10-21(22)23/h5-12,18,20,24,29,31H,13-17H2,1-4H3,(H,30,34)(H,32,33)/t20?,24-/m1/s1. The molecule has 0 saturated heterocycles. The van der Waals surface area contributed by atoms with Crippen LogP contribution in [0.3, 0.4) is 0 Å². The molecular formula is C28H37N3O5. The summed E-state index contributed by atoms with van der Waals surface area (Å²) in [5.41, 5.74) is 2.47. The second-order valence-electron chi connectivity index (χ2n) is 9.87. The molecule has 8 nitrogen and oxygen atoms in total. The fourth-order valence-electron chi connectivity index (χ4n) is 4.27. The number of rotatable bonds is 12. The summed E-state index contributed by atoms with van der Waals surface area (Å²) in [4.78, 5) is 27.1. The molecule has 2 aromatic carbocycles. The molecule has 3 rings (SSSR count). The number of alkyl carbamates (subject to hydrolysis) is 1. The first kappa shape index (κ1) is 27.1. The summed E-state index contributed by atoms with van der Waals surface area (Å²) in [6, 6.07) is 15.4. The van der Waals surface area contributed by atoms with E-state index in [4.69, 9.17) is 9.47 Å². The second kappa shape index (κ2) is 12.4. The molecule has 0 bridgehead atoms. The summed E-state index contributed by atoms with van der Waals surface area (Å²) in [7, 11) is 1.65. The van der Waals surface area contributed by atoms with Gasteiger partial charge in [-0.15, -0.1) is 0 Å². The zero-order valence-corrected chi connectivity index (χ0v) is 21.5. The summed E-state index contributed by atoms with van der Waals surface area (Å²) in [5, 5.41) is 16.9. The van der Waals surface area contributed by atoms with E-state index in [1.165, 1.54) is 0 Å². The first-order valence-electron chi connectivity index (χ1n) is 12.3. The number of carbonyl (C=O) groups is 2. The van der Waals surface area contributed by atoms with Crippen LogP contribution in [0.5, 0.6) is 5.75 Å². The fraction of sp³-hybridized carbons (Fsp3) is 0.429. The molecule has 1 aromatic heterocycles. The normalized spacial score (nSPS) is 13.2. The molecule has 194 valence electrons. The summed E-state index contributed by atoms with van der Waals surface area (Å²) in [6.45, 7) is 5.80. The molecule has 1 heterocycles. The largest absolute Gasteiger partial charge is 0.496 e. The van der Waals surface area contributed by atoms with Crippen LogP contribution in [0, 0.1) is 0 Å². The molecule has 36 heavy (non-hydrogen) atoms. The number of aliphatic carboxylic acids is 1. The van der Waals surface area contributed by atoms with Gasteiger partial charge in [-0.1, -0.05) is 36.4 Å². The fourth-order valence-corrected chi connectivity index (χ4v) is 4.27. The van der Waals surface area contributed by atoms with Crippen LogP contribution < -0.4 is 15.4 Å². The number of aryl methyl sites for hydroxylation is 1. The zero-order chi connectivity index (χ0) is 26.1. The highest BCUT2D eigenvalue weighted by molar-refractivity contribution is 5.83. The molecular weight excluding hydrogens is 458 g/mol. The number of methoxy groups -OCH3 is 1. The Morgan fingerprint density at radius 1 is 1.06 bits per heavy atom. The van der Waals surface area contributed by atoms with Gasteiger partial charge in [0.1, 0.15) is 11.4 Å². The number of benzene rings is 2. The van der Waals surface area contributed by atoms with Gasteiger partial charge in [-0.2, -0.15) is 0 Å². The first-order chi connectivity index (χ1) is 17.2. The van der Waals surface area contributed by atoms with Gasteiger partial charge in [0, 0.05) is 42.1 Å². The third kappa shape index (κ3) is 8.02. The number of carbonyl (C=O) groups excluding carboxylic acids is 1. The van der Waals surface area contributed by atoms with Crippen LogP contribution in [0.25, 0.3) is 10.9 Å². The zero-order valence-electron chi connectivity index (χ0n) is 21.5. The minimum Gasteiger partial charge on any atom is -0.496 e. The van der Waals surface area contributed by atoms with E-state index in [-0.39, 0.29) is 18.5 Å². The minimum atomic E-state index is -0.848. The number of para-hydroxylation sites is 2. The summed E-state index contributed by atoms with van der Waals surface area (Å²) < 4.78 is 10.9. The number of fused-ring (bicyclic) bond motifs is 1. The van der Waals surface area contributed by atoms with Gasteiger partial charge < -0.3 is 30.2 Å². The quantitative estimate of drug-likeness (QED) is 0.275. The monoisotopic (exact) mass is 495 g/mol.